The molecule has 0 spiro atoms. The smallest absolute Gasteiger partial charge is 0.189 e. The second-order valence-electron chi connectivity index (χ2n) is 5.51. The van der Waals surface area contributed by atoms with E-state index < -0.39 is 8.07 Å². The molecule has 0 fully saturated rings. The third kappa shape index (κ3) is 6.27. The first-order valence-corrected chi connectivity index (χ1v) is 11.2. The van der Waals surface area contributed by atoms with Crippen LogP contribution in [-0.2, 0) is 4.74 Å². The van der Waals surface area contributed by atoms with Gasteiger partial charge in [0.25, 0.3) is 0 Å². The second-order valence-corrected chi connectivity index (χ2v) is 12.0. The molecular weight excluding hydrogens is 276 g/mol. The summed E-state index contributed by atoms with van der Waals surface area (Å²) < 4.78 is 11.1. The summed E-state index contributed by atoms with van der Waals surface area (Å²) in [6.07, 6.45) is 2.80. The van der Waals surface area contributed by atoms with Crippen LogP contribution in [0.2, 0.25) is 25.7 Å². The van der Waals surface area contributed by atoms with Gasteiger partial charge in [-0.05, 0) is 30.5 Å². The molecule has 0 saturated carbocycles. The molecule has 0 saturated heterocycles. The van der Waals surface area contributed by atoms with E-state index in [1.807, 2.05) is 18.4 Å². The molecule has 0 aromatic heterocycles. The van der Waals surface area contributed by atoms with E-state index in [4.69, 9.17) is 9.47 Å². The Morgan fingerprint density at radius 2 is 2.05 bits per heavy atom. The Labute approximate surface area is 120 Å². The van der Waals surface area contributed by atoms with Crippen molar-refractivity contribution >= 4 is 26.1 Å². The standard InChI is InChI=1S/C14H22O3SSi/c1-18-14-9-12(10-15)5-6-13(14)17-11-16-7-8-19(2,3)4/h5-6,9-10H,7-8,11H2,1-4H3. The molecule has 0 aliphatic rings. The molecule has 5 heteroatoms. The fourth-order valence-electron chi connectivity index (χ4n) is 1.42. The quantitative estimate of drug-likeness (QED) is 0.240. The number of hydrogen-bond donors (Lipinski definition) is 0. The summed E-state index contributed by atoms with van der Waals surface area (Å²) in [5.41, 5.74) is 0.663. The third-order valence-electron chi connectivity index (χ3n) is 2.62. The molecule has 0 aliphatic carbocycles. The molecule has 1 aromatic carbocycles. The Morgan fingerprint density at radius 3 is 2.63 bits per heavy atom. The number of carbonyl (C=O) groups is 1. The second kappa shape index (κ2) is 7.72. The minimum absolute atomic E-state index is 0.262. The molecule has 106 valence electrons. The van der Waals surface area contributed by atoms with Crippen molar-refractivity contribution in [1.29, 1.82) is 0 Å². The van der Waals surface area contributed by atoms with Crippen LogP contribution in [0.4, 0.5) is 0 Å². The maximum absolute atomic E-state index is 10.7. The van der Waals surface area contributed by atoms with E-state index >= 15 is 0 Å². The lowest BCUT2D eigenvalue weighted by atomic mass is 10.2. The van der Waals surface area contributed by atoms with Crippen molar-refractivity contribution in [3.8, 4) is 5.75 Å². The minimum Gasteiger partial charge on any atom is -0.466 e. The number of ether oxygens (including phenoxy) is 2. The number of benzene rings is 1. The van der Waals surface area contributed by atoms with Gasteiger partial charge in [-0.25, -0.2) is 0 Å². The van der Waals surface area contributed by atoms with E-state index in [9.17, 15) is 4.79 Å². The van der Waals surface area contributed by atoms with E-state index in [2.05, 4.69) is 19.6 Å². The average Bonchev–Trinajstić information content (AvgIpc) is 2.37. The summed E-state index contributed by atoms with van der Waals surface area (Å²) in [7, 11) is -1.04. The van der Waals surface area contributed by atoms with Crippen LogP contribution in [0, 0.1) is 0 Å². The summed E-state index contributed by atoms with van der Waals surface area (Å²) in [5.74, 6) is 0.770. The molecule has 1 rings (SSSR count). The molecule has 1 aromatic rings. The summed E-state index contributed by atoms with van der Waals surface area (Å²) in [4.78, 5) is 11.7. The zero-order chi connectivity index (χ0) is 14.3. The predicted molar refractivity (Wildman–Crippen MR) is 83.2 cm³/mol. The maximum atomic E-state index is 10.7. The number of carbonyl (C=O) groups excluding carboxylic acids is 1. The molecule has 0 amide bonds. The average molecular weight is 298 g/mol. The van der Waals surface area contributed by atoms with Crippen molar-refractivity contribution in [3.63, 3.8) is 0 Å². The third-order valence-corrected chi connectivity index (χ3v) is 5.08. The fraction of sp³-hybridized carbons (Fsp3) is 0.500. The van der Waals surface area contributed by atoms with Gasteiger partial charge in [-0.15, -0.1) is 11.8 Å². The highest BCUT2D eigenvalue weighted by molar-refractivity contribution is 7.98. The van der Waals surface area contributed by atoms with Crippen LogP contribution >= 0.6 is 11.8 Å². The van der Waals surface area contributed by atoms with Crippen molar-refractivity contribution in [2.24, 2.45) is 0 Å². The van der Waals surface area contributed by atoms with Crippen LogP contribution in [0.1, 0.15) is 10.4 Å². The molecule has 0 unspecified atom stereocenters. The summed E-state index contributed by atoms with van der Waals surface area (Å²) >= 11 is 1.56. The summed E-state index contributed by atoms with van der Waals surface area (Å²) in [5, 5.41) is 0. The number of aldehydes is 1. The first-order chi connectivity index (χ1) is 8.96. The van der Waals surface area contributed by atoms with Crippen molar-refractivity contribution in [2.75, 3.05) is 19.7 Å². The van der Waals surface area contributed by atoms with Gasteiger partial charge in [0.15, 0.2) is 6.79 Å². The molecule has 0 radical (unpaired) electrons. The van der Waals surface area contributed by atoms with Gasteiger partial charge >= 0.3 is 0 Å². The Kier molecular flexibility index (Phi) is 6.61. The lowest BCUT2D eigenvalue weighted by Gasteiger charge is -2.16. The number of hydrogen-bond acceptors (Lipinski definition) is 4. The minimum atomic E-state index is -1.04. The lowest BCUT2D eigenvalue weighted by Crippen LogP contribution is -2.22. The largest absolute Gasteiger partial charge is 0.466 e. The highest BCUT2D eigenvalue weighted by Gasteiger charge is 2.12. The van der Waals surface area contributed by atoms with Gasteiger partial charge in [0.1, 0.15) is 12.0 Å². The summed E-state index contributed by atoms with van der Waals surface area (Å²) in [6.45, 7) is 7.97. The first kappa shape index (κ1) is 16.3. The SMILES string of the molecule is CSc1cc(C=O)ccc1OCOCC[Si](C)(C)C. The molecule has 19 heavy (non-hydrogen) atoms. The zero-order valence-electron chi connectivity index (χ0n) is 12.1. The number of thioether (sulfide) groups is 1. The van der Waals surface area contributed by atoms with Crippen LogP contribution in [0.3, 0.4) is 0 Å². The molecule has 3 nitrogen and oxygen atoms in total. The van der Waals surface area contributed by atoms with Gasteiger partial charge < -0.3 is 9.47 Å². The van der Waals surface area contributed by atoms with Crippen LogP contribution in [-0.4, -0.2) is 34.0 Å². The van der Waals surface area contributed by atoms with Crippen LogP contribution in [0.5, 0.6) is 5.75 Å². The molecule has 0 atom stereocenters. The molecule has 0 aliphatic heterocycles. The monoisotopic (exact) mass is 298 g/mol. The Balaban J connectivity index is 2.43. The Hall–Kier alpha value is -0.783. The van der Waals surface area contributed by atoms with Gasteiger partial charge in [-0.3, -0.25) is 4.79 Å². The van der Waals surface area contributed by atoms with E-state index in [0.717, 1.165) is 29.6 Å². The van der Waals surface area contributed by atoms with Gasteiger partial charge in [-0.1, -0.05) is 19.6 Å². The van der Waals surface area contributed by atoms with Crippen LogP contribution < -0.4 is 4.74 Å². The zero-order valence-corrected chi connectivity index (χ0v) is 13.9. The molecular formula is C14H22O3SSi. The highest BCUT2D eigenvalue weighted by Crippen LogP contribution is 2.28. The van der Waals surface area contributed by atoms with Gasteiger partial charge in [0.2, 0.25) is 0 Å². The molecule has 0 heterocycles. The van der Waals surface area contributed by atoms with Crippen molar-refractivity contribution in [2.45, 2.75) is 30.6 Å². The van der Waals surface area contributed by atoms with Gasteiger partial charge in [0, 0.05) is 25.1 Å². The van der Waals surface area contributed by atoms with E-state index in [0.29, 0.717) is 5.56 Å². The highest BCUT2D eigenvalue weighted by atomic mass is 32.2. The Morgan fingerprint density at radius 1 is 1.32 bits per heavy atom. The maximum Gasteiger partial charge on any atom is 0.189 e. The first-order valence-electron chi connectivity index (χ1n) is 6.30. The number of rotatable bonds is 8. The van der Waals surface area contributed by atoms with Gasteiger partial charge in [-0.2, -0.15) is 0 Å². The van der Waals surface area contributed by atoms with E-state index in [-0.39, 0.29) is 6.79 Å². The Bertz CT molecular complexity index is 416. The normalized spacial score (nSPS) is 11.4. The molecule has 0 bridgehead atoms. The van der Waals surface area contributed by atoms with Gasteiger partial charge in [0.05, 0.1) is 0 Å². The fourth-order valence-corrected chi connectivity index (χ4v) is 2.76. The van der Waals surface area contributed by atoms with Crippen molar-refractivity contribution in [3.05, 3.63) is 23.8 Å². The van der Waals surface area contributed by atoms with Crippen molar-refractivity contribution in [1.82, 2.24) is 0 Å². The summed E-state index contributed by atoms with van der Waals surface area (Å²) in [6, 6.07) is 6.53. The van der Waals surface area contributed by atoms with E-state index in [1.165, 1.54) is 0 Å². The van der Waals surface area contributed by atoms with E-state index in [1.54, 1.807) is 17.8 Å². The predicted octanol–water partition coefficient (Wildman–Crippen LogP) is 3.91. The molecule has 0 N–H and O–H groups in total. The van der Waals surface area contributed by atoms with Crippen LogP contribution in [0.15, 0.2) is 23.1 Å². The van der Waals surface area contributed by atoms with Crippen molar-refractivity contribution < 1.29 is 14.3 Å². The lowest BCUT2D eigenvalue weighted by molar-refractivity contribution is 0.0204. The topological polar surface area (TPSA) is 35.5 Å². The van der Waals surface area contributed by atoms with Crippen LogP contribution in [0.25, 0.3) is 0 Å².